The molecule has 1 unspecified atom stereocenters. The van der Waals surface area contributed by atoms with Crippen LogP contribution in [-0.4, -0.2) is 37.7 Å². The molecule has 1 aliphatic heterocycles. The van der Waals surface area contributed by atoms with Gasteiger partial charge in [0.05, 0.1) is 6.61 Å². The third-order valence-electron chi connectivity index (χ3n) is 3.99. The molecule has 0 amide bonds. The minimum Gasteiger partial charge on any atom is -0.493 e. The highest BCUT2D eigenvalue weighted by molar-refractivity contribution is 5.40. The molecule has 19 heavy (non-hydrogen) atoms. The third kappa shape index (κ3) is 3.71. The summed E-state index contributed by atoms with van der Waals surface area (Å²) in [4.78, 5) is 2.44. The molecule has 106 valence electrons. The zero-order valence-corrected chi connectivity index (χ0v) is 12.4. The first-order valence-corrected chi connectivity index (χ1v) is 7.46. The Bertz CT molecular complexity index is 402. The molecule has 0 saturated heterocycles. The van der Waals surface area contributed by atoms with Crippen LogP contribution in [0.2, 0.25) is 0 Å². The van der Waals surface area contributed by atoms with Gasteiger partial charge < -0.3 is 15.0 Å². The minimum atomic E-state index is 0.404. The molecule has 3 nitrogen and oxygen atoms in total. The first-order chi connectivity index (χ1) is 9.24. The summed E-state index contributed by atoms with van der Waals surface area (Å²) in [5, 5.41) is 3.61. The van der Waals surface area contributed by atoms with Crippen molar-refractivity contribution in [3.05, 3.63) is 29.3 Å². The van der Waals surface area contributed by atoms with Crippen LogP contribution in [-0.2, 0) is 6.42 Å². The van der Waals surface area contributed by atoms with Crippen molar-refractivity contribution in [2.45, 2.75) is 33.2 Å². The molecule has 1 heterocycles. The third-order valence-corrected chi connectivity index (χ3v) is 3.99. The number of likely N-dealkylation sites (N-methyl/N-ethyl adjacent to an activating group) is 1. The summed E-state index contributed by atoms with van der Waals surface area (Å²) in [6.07, 6.45) is 1.05. The average molecular weight is 262 g/mol. The van der Waals surface area contributed by atoms with Gasteiger partial charge >= 0.3 is 0 Å². The Balaban J connectivity index is 1.84. The SMILES string of the molecule is CCN(CC)CCNC(C)c1ccc2c(c1)CCO2. The van der Waals surface area contributed by atoms with Crippen LogP contribution in [0.5, 0.6) is 5.75 Å². The molecule has 0 saturated carbocycles. The van der Waals surface area contributed by atoms with Crippen LogP contribution in [0.3, 0.4) is 0 Å². The molecule has 1 aromatic rings. The van der Waals surface area contributed by atoms with E-state index in [0.29, 0.717) is 6.04 Å². The van der Waals surface area contributed by atoms with E-state index in [4.69, 9.17) is 4.74 Å². The number of hydrogen-bond acceptors (Lipinski definition) is 3. The summed E-state index contributed by atoms with van der Waals surface area (Å²) >= 11 is 0. The van der Waals surface area contributed by atoms with Crippen molar-refractivity contribution in [3.63, 3.8) is 0 Å². The Labute approximate surface area is 116 Å². The highest BCUT2D eigenvalue weighted by Gasteiger charge is 2.14. The van der Waals surface area contributed by atoms with Gasteiger partial charge in [0.1, 0.15) is 5.75 Å². The van der Waals surface area contributed by atoms with E-state index < -0.39 is 0 Å². The van der Waals surface area contributed by atoms with E-state index in [1.54, 1.807) is 0 Å². The molecule has 0 aromatic heterocycles. The molecule has 1 aliphatic rings. The molecule has 0 radical (unpaired) electrons. The van der Waals surface area contributed by atoms with Crippen LogP contribution in [0, 0.1) is 0 Å². The molecular weight excluding hydrogens is 236 g/mol. The summed E-state index contributed by atoms with van der Waals surface area (Å²) in [5.74, 6) is 1.07. The standard InChI is InChI=1S/C16H26N2O/c1-4-18(5-2)10-9-17-13(3)14-6-7-16-15(12-14)8-11-19-16/h6-7,12-13,17H,4-5,8-11H2,1-3H3. The lowest BCUT2D eigenvalue weighted by Crippen LogP contribution is -2.33. The molecule has 1 atom stereocenters. The lowest BCUT2D eigenvalue weighted by Gasteiger charge is -2.20. The molecule has 0 bridgehead atoms. The van der Waals surface area contributed by atoms with Crippen LogP contribution in [0.4, 0.5) is 0 Å². The van der Waals surface area contributed by atoms with Crippen molar-refractivity contribution in [2.24, 2.45) is 0 Å². The zero-order valence-electron chi connectivity index (χ0n) is 12.4. The Kier molecular flexibility index (Phi) is 5.23. The Morgan fingerprint density at radius 2 is 2.11 bits per heavy atom. The van der Waals surface area contributed by atoms with Crippen molar-refractivity contribution in [1.29, 1.82) is 0 Å². The van der Waals surface area contributed by atoms with E-state index in [-0.39, 0.29) is 0 Å². The van der Waals surface area contributed by atoms with Gasteiger partial charge in [-0.25, -0.2) is 0 Å². The maximum atomic E-state index is 5.55. The number of nitrogens with one attached hydrogen (secondary N) is 1. The summed E-state index contributed by atoms with van der Waals surface area (Å²) in [5.41, 5.74) is 2.72. The van der Waals surface area contributed by atoms with E-state index in [1.165, 1.54) is 11.1 Å². The fourth-order valence-electron chi connectivity index (χ4n) is 2.57. The predicted octanol–water partition coefficient (Wildman–Crippen LogP) is 2.61. The molecule has 1 aromatic carbocycles. The first-order valence-electron chi connectivity index (χ1n) is 7.46. The average Bonchev–Trinajstić information content (AvgIpc) is 2.90. The van der Waals surface area contributed by atoms with E-state index in [1.807, 2.05) is 0 Å². The number of rotatable bonds is 7. The number of fused-ring (bicyclic) bond motifs is 1. The van der Waals surface area contributed by atoms with Crippen molar-refractivity contribution >= 4 is 0 Å². The second kappa shape index (κ2) is 6.92. The van der Waals surface area contributed by atoms with Gasteiger partial charge in [0, 0.05) is 25.6 Å². The van der Waals surface area contributed by atoms with Gasteiger partial charge in [0.2, 0.25) is 0 Å². The quantitative estimate of drug-likeness (QED) is 0.817. The highest BCUT2D eigenvalue weighted by atomic mass is 16.5. The van der Waals surface area contributed by atoms with Gasteiger partial charge in [-0.1, -0.05) is 26.0 Å². The molecular formula is C16H26N2O. The van der Waals surface area contributed by atoms with Crippen molar-refractivity contribution in [2.75, 3.05) is 32.8 Å². The fourth-order valence-corrected chi connectivity index (χ4v) is 2.57. The smallest absolute Gasteiger partial charge is 0.122 e. The Hall–Kier alpha value is -1.06. The monoisotopic (exact) mass is 262 g/mol. The maximum absolute atomic E-state index is 5.55. The number of benzene rings is 1. The van der Waals surface area contributed by atoms with Crippen LogP contribution in [0.15, 0.2) is 18.2 Å². The lowest BCUT2D eigenvalue weighted by atomic mass is 10.0. The van der Waals surface area contributed by atoms with Gasteiger partial charge in [-0.15, -0.1) is 0 Å². The van der Waals surface area contributed by atoms with Crippen LogP contribution in [0.25, 0.3) is 0 Å². The number of ether oxygens (including phenoxy) is 1. The van der Waals surface area contributed by atoms with Gasteiger partial charge in [0.15, 0.2) is 0 Å². The molecule has 1 N–H and O–H groups in total. The fraction of sp³-hybridized carbons (Fsp3) is 0.625. The maximum Gasteiger partial charge on any atom is 0.122 e. The van der Waals surface area contributed by atoms with Gasteiger partial charge in [-0.05, 0) is 37.2 Å². The van der Waals surface area contributed by atoms with Gasteiger partial charge in [-0.3, -0.25) is 0 Å². The van der Waals surface area contributed by atoms with Crippen LogP contribution < -0.4 is 10.1 Å². The summed E-state index contributed by atoms with van der Waals surface area (Å²) in [6.45, 7) is 11.9. The summed E-state index contributed by atoms with van der Waals surface area (Å²) in [6, 6.07) is 6.98. The largest absolute Gasteiger partial charge is 0.493 e. The number of nitrogens with zero attached hydrogens (tertiary/aromatic N) is 1. The molecule has 0 aliphatic carbocycles. The normalized spacial score (nSPS) is 15.4. The van der Waals surface area contributed by atoms with Crippen molar-refractivity contribution < 1.29 is 4.74 Å². The van der Waals surface area contributed by atoms with E-state index in [9.17, 15) is 0 Å². The van der Waals surface area contributed by atoms with E-state index in [0.717, 1.165) is 45.0 Å². The van der Waals surface area contributed by atoms with Crippen LogP contribution in [0.1, 0.15) is 37.9 Å². The topological polar surface area (TPSA) is 24.5 Å². The predicted molar refractivity (Wildman–Crippen MR) is 79.8 cm³/mol. The molecule has 3 heteroatoms. The van der Waals surface area contributed by atoms with Crippen molar-refractivity contribution in [3.8, 4) is 5.75 Å². The Morgan fingerprint density at radius 1 is 1.32 bits per heavy atom. The summed E-state index contributed by atoms with van der Waals surface area (Å²) < 4.78 is 5.55. The van der Waals surface area contributed by atoms with E-state index in [2.05, 4.69) is 49.2 Å². The second-order valence-electron chi connectivity index (χ2n) is 5.17. The first kappa shape index (κ1) is 14.4. The zero-order chi connectivity index (χ0) is 13.7. The molecule has 2 rings (SSSR count). The van der Waals surface area contributed by atoms with Gasteiger partial charge in [-0.2, -0.15) is 0 Å². The highest BCUT2D eigenvalue weighted by Crippen LogP contribution is 2.27. The van der Waals surface area contributed by atoms with E-state index >= 15 is 0 Å². The summed E-state index contributed by atoms with van der Waals surface area (Å²) in [7, 11) is 0. The van der Waals surface area contributed by atoms with Crippen molar-refractivity contribution in [1.82, 2.24) is 10.2 Å². The minimum absolute atomic E-state index is 0.404. The van der Waals surface area contributed by atoms with Crippen LogP contribution >= 0.6 is 0 Å². The molecule has 0 spiro atoms. The lowest BCUT2D eigenvalue weighted by molar-refractivity contribution is 0.298. The van der Waals surface area contributed by atoms with Gasteiger partial charge in [0.25, 0.3) is 0 Å². The number of hydrogen-bond donors (Lipinski definition) is 1. The second-order valence-corrected chi connectivity index (χ2v) is 5.17. The molecule has 0 fully saturated rings. The Morgan fingerprint density at radius 3 is 2.84 bits per heavy atom.